The van der Waals surface area contributed by atoms with E-state index in [9.17, 15) is 89.0 Å². The van der Waals surface area contributed by atoms with Crippen molar-refractivity contribution >= 4 is 81.9 Å². The molecule has 3 aliphatic heterocycles. The molecule has 0 saturated carbocycles. The molecule has 0 aromatic heterocycles. The van der Waals surface area contributed by atoms with Crippen LogP contribution in [0.3, 0.4) is 0 Å². The standard InChI is InChI=1S/C34H53N3O26S5.4Na/c1-15(38)36-23-29(60-34-27(45)30(63-68(54,55)56)26(44)31(61-34)32(46)47)28(62-67(51,52)53)21(14-58-66(48,49)50)59-33(23)57-13-20(40)25(43)24(42)19(39)12-35-16-5-4-6-17(11-16)37-22(41)8-3-2-7-18-9-10-64-65-18;;;;/h4-6,11,18-21,23-31,33-35,39-40,42-45H,2-3,7-10,12-14H2,1H3,(H,36,38)(H,37,41)(H,46,47)(H,48,49,50)(H,51,52,53)(H,54,55,56);;;;/q;4*+1/p-4/t18?,19-,20+,21+,23+,24+,25+,26-,27+,28-,29+,30-,31-,33-,34+;;;;/m0..../s1. The topological polar surface area (TPSA) is 468 Å². The van der Waals surface area contributed by atoms with Gasteiger partial charge in [0.05, 0.1) is 25.3 Å². The number of carbonyl (C=O) groups excluding carboxylic acids is 3. The SMILES string of the molecule is CC(=O)N[C@H]1[C@@H](OC[C@@H](O)[C@@H](O)[C@H](O)[C@@H](O)CNc2cccc(NC(=O)CCCCC3CCSS3)c2)O[C@H](COS(=O)(=O)[O-])[C@H](OS(=O)(=O)[O-])[C@@H]1O[C@@H]1O[C@H](C(=O)[O-])[C@@H](O)[C@H](OS(=O)(=O)[O-])[C@H]1O.[Na+].[Na+].[Na+].[Na+]. The zero-order valence-corrected chi connectivity index (χ0v) is 51.3. The Morgan fingerprint density at radius 1 is 0.819 bits per heavy atom. The number of aliphatic hydroxyl groups excluding tert-OH is 6. The molecule has 0 aliphatic carbocycles. The first-order chi connectivity index (χ1) is 31.6. The fourth-order valence-corrected chi connectivity index (χ4v) is 11.3. The molecule has 1 unspecified atom stereocenters. The fraction of sp³-hybridized carbons (Fsp3) is 0.735. The normalized spacial score (nSPS) is 28.2. The van der Waals surface area contributed by atoms with Crippen molar-refractivity contribution in [1.82, 2.24) is 5.32 Å². The van der Waals surface area contributed by atoms with Crippen molar-refractivity contribution in [3.63, 3.8) is 0 Å². The van der Waals surface area contributed by atoms with E-state index in [2.05, 4.69) is 28.5 Å². The summed E-state index contributed by atoms with van der Waals surface area (Å²) in [6, 6.07) is 4.09. The minimum absolute atomic E-state index is 0. The third-order valence-electron chi connectivity index (χ3n) is 10.1. The molecule has 3 fully saturated rings. The number of benzene rings is 1. The van der Waals surface area contributed by atoms with E-state index in [1.807, 2.05) is 21.6 Å². The van der Waals surface area contributed by atoms with Crippen molar-refractivity contribution in [2.24, 2.45) is 0 Å². The van der Waals surface area contributed by atoms with Gasteiger partial charge in [0, 0.05) is 42.3 Å². The average Bonchev–Trinajstić information content (AvgIpc) is 3.76. The number of carboxylic acid groups (broad SMARTS) is 1. The van der Waals surface area contributed by atoms with Crippen LogP contribution >= 0.6 is 21.6 Å². The Hall–Kier alpha value is 1.34. The molecule has 4 rings (SSSR count). The number of aliphatic hydroxyl groups is 6. The van der Waals surface area contributed by atoms with Crippen molar-refractivity contribution in [2.75, 3.05) is 36.1 Å². The minimum Gasteiger partial charge on any atom is -0.726 e. The van der Waals surface area contributed by atoms with Gasteiger partial charge in [0.1, 0.15) is 67.1 Å². The van der Waals surface area contributed by atoms with E-state index >= 15 is 0 Å². The molecule has 1 aromatic rings. The molecule has 72 heavy (non-hydrogen) atoms. The van der Waals surface area contributed by atoms with Crippen LogP contribution in [-0.2, 0) is 77.1 Å². The summed E-state index contributed by atoms with van der Waals surface area (Å²) >= 11 is 0. The molecule has 390 valence electrons. The molecule has 38 heteroatoms. The summed E-state index contributed by atoms with van der Waals surface area (Å²) in [5.41, 5.74) is 0.761. The fourth-order valence-electron chi connectivity index (χ4n) is 6.92. The number of hydrogen-bond acceptors (Lipinski definition) is 29. The Bertz CT molecular complexity index is 2190. The maximum absolute atomic E-state index is 12.5. The number of carboxylic acids is 1. The quantitative estimate of drug-likeness (QED) is 0.0137. The number of nitrogens with one attached hydrogen (secondary N) is 3. The van der Waals surface area contributed by atoms with Crippen LogP contribution in [0.1, 0.15) is 39.0 Å². The summed E-state index contributed by atoms with van der Waals surface area (Å²) in [6.07, 6.45) is -28.0. The van der Waals surface area contributed by atoms with Crippen LogP contribution in [0.5, 0.6) is 0 Å². The minimum atomic E-state index is -6.01. The number of amides is 2. The number of carbonyl (C=O) groups is 3. The van der Waals surface area contributed by atoms with Gasteiger partial charge in [0.2, 0.25) is 43.0 Å². The Balaban J connectivity index is 0.0000126. The monoisotopic (exact) mass is 1170 g/mol. The van der Waals surface area contributed by atoms with Crippen molar-refractivity contribution in [2.45, 2.75) is 130 Å². The molecule has 2 amide bonds. The predicted molar refractivity (Wildman–Crippen MR) is 222 cm³/mol. The molecular formula is C34H49N3Na4O26S5. The van der Waals surface area contributed by atoms with Crippen LogP contribution in [-0.4, -0.2) is 204 Å². The number of anilines is 2. The van der Waals surface area contributed by atoms with Gasteiger partial charge in [-0.2, -0.15) is 0 Å². The van der Waals surface area contributed by atoms with Gasteiger partial charge in [-0.3, -0.25) is 22.1 Å². The number of ether oxygens (including phenoxy) is 4. The van der Waals surface area contributed by atoms with Crippen molar-refractivity contribution < 1.29 is 239 Å². The van der Waals surface area contributed by atoms with E-state index < -0.39 is 149 Å². The first kappa shape index (κ1) is 73.3. The van der Waals surface area contributed by atoms with Gasteiger partial charge in [-0.05, 0) is 37.5 Å². The first-order valence-corrected chi connectivity index (χ1v) is 26.5. The third-order valence-corrected chi connectivity index (χ3v) is 14.4. The zero-order chi connectivity index (χ0) is 50.7. The molecule has 29 nitrogen and oxygen atoms in total. The summed E-state index contributed by atoms with van der Waals surface area (Å²) in [7, 11) is -13.9. The van der Waals surface area contributed by atoms with Crippen LogP contribution in [0.15, 0.2) is 24.3 Å². The van der Waals surface area contributed by atoms with Crippen molar-refractivity contribution in [1.29, 1.82) is 0 Å². The third kappa shape index (κ3) is 24.8. The smallest absolute Gasteiger partial charge is 0.726 e. The van der Waals surface area contributed by atoms with Crippen LogP contribution < -0.4 is 139 Å². The van der Waals surface area contributed by atoms with Crippen LogP contribution in [0.25, 0.3) is 0 Å². The van der Waals surface area contributed by atoms with Gasteiger partial charge in [0.15, 0.2) is 12.6 Å². The van der Waals surface area contributed by atoms with E-state index in [0.29, 0.717) is 29.5 Å². The summed E-state index contributed by atoms with van der Waals surface area (Å²) in [5.74, 6) is -2.58. The molecule has 3 aliphatic rings. The van der Waals surface area contributed by atoms with E-state index in [4.69, 9.17) is 18.9 Å². The molecule has 0 spiro atoms. The van der Waals surface area contributed by atoms with E-state index in [-0.39, 0.29) is 124 Å². The van der Waals surface area contributed by atoms with Crippen LogP contribution in [0, 0.1) is 0 Å². The Morgan fingerprint density at radius 3 is 2.00 bits per heavy atom. The molecule has 9 N–H and O–H groups in total. The second kappa shape index (κ2) is 33.8. The number of hydrogen-bond donors (Lipinski definition) is 9. The summed E-state index contributed by atoms with van der Waals surface area (Å²) in [6.45, 7) is -2.48. The second-order valence-corrected chi connectivity index (χ2v) is 21.1. The summed E-state index contributed by atoms with van der Waals surface area (Å²) in [4.78, 5) is 36.8. The first-order valence-electron chi connectivity index (χ1n) is 20.1. The van der Waals surface area contributed by atoms with Gasteiger partial charge >= 0.3 is 118 Å². The molecule has 3 heterocycles. The molecule has 1 aromatic carbocycles. The van der Waals surface area contributed by atoms with Gasteiger partial charge in [0.25, 0.3) is 0 Å². The van der Waals surface area contributed by atoms with Gasteiger partial charge < -0.3 is 89.1 Å². The Kier molecular flexibility index (Phi) is 34.4. The summed E-state index contributed by atoms with van der Waals surface area (Å²) in [5, 5.41) is 84.3. The molecular weight excluding hydrogens is 1120 g/mol. The number of unbranched alkanes of at least 4 members (excludes halogenated alkanes) is 1. The largest absolute Gasteiger partial charge is 1.00 e. The van der Waals surface area contributed by atoms with E-state index in [1.165, 1.54) is 6.07 Å². The van der Waals surface area contributed by atoms with Crippen LogP contribution in [0.2, 0.25) is 0 Å². The summed E-state index contributed by atoms with van der Waals surface area (Å²) < 4.78 is 138. The Labute approximate surface area is 510 Å². The second-order valence-electron chi connectivity index (χ2n) is 15.3. The van der Waals surface area contributed by atoms with Crippen LogP contribution in [0.4, 0.5) is 11.4 Å². The zero-order valence-electron chi connectivity index (χ0n) is 39.2. The Morgan fingerprint density at radius 2 is 1.43 bits per heavy atom. The van der Waals surface area contributed by atoms with E-state index in [0.717, 1.165) is 31.9 Å². The van der Waals surface area contributed by atoms with Gasteiger partial charge in [-0.1, -0.05) is 34.1 Å². The number of aliphatic carboxylic acids is 1. The van der Waals surface area contributed by atoms with E-state index in [1.54, 1.807) is 18.2 Å². The predicted octanol–water partition coefficient (Wildman–Crippen LogP) is -17.8. The average molecular weight is 1170 g/mol. The molecule has 0 bridgehead atoms. The van der Waals surface area contributed by atoms with Crippen molar-refractivity contribution in [3.8, 4) is 0 Å². The molecule has 0 radical (unpaired) electrons. The molecule has 15 atom stereocenters. The van der Waals surface area contributed by atoms with Gasteiger partial charge in [-0.25, -0.2) is 25.3 Å². The molecule has 3 saturated heterocycles. The maximum atomic E-state index is 12.5. The maximum Gasteiger partial charge on any atom is 1.00 e. The number of rotatable bonds is 26. The van der Waals surface area contributed by atoms with Crippen molar-refractivity contribution in [3.05, 3.63) is 24.3 Å². The van der Waals surface area contributed by atoms with Gasteiger partial charge in [-0.15, -0.1) is 0 Å².